The molecular weight excluding hydrogens is 469 g/mol. The first-order valence-corrected chi connectivity index (χ1v) is 11.8. The van der Waals surface area contributed by atoms with Crippen LogP contribution in [0.1, 0.15) is 29.6 Å². The van der Waals surface area contributed by atoms with Crippen molar-refractivity contribution < 1.29 is 33.0 Å². The van der Waals surface area contributed by atoms with Crippen LogP contribution in [0, 0.1) is 11.7 Å². The molecule has 2 aromatic rings. The third-order valence-electron chi connectivity index (χ3n) is 6.68. The normalized spacial score (nSPS) is 18.2. The van der Waals surface area contributed by atoms with Gasteiger partial charge in [0.25, 0.3) is 5.91 Å². The number of nitrogens with zero attached hydrogens (tertiary/aromatic N) is 2. The fourth-order valence-corrected chi connectivity index (χ4v) is 4.72. The number of halogens is 1. The minimum Gasteiger partial charge on any atom is -0.493 e. The van der Waals surface area contributed by atoms with Crippen molar-refractivity contribution in [1.82, 2.24) is 10.2 Å². The van der Waals surface area contributed by atoms with Crippen LogP contribution in [0.4, 0.5) is 10.1 Å². The zero-order chi connectivity index (χ0) is 25.8. The van der Waals surface area contributed by atoms with E-state index < -0.39 is 11.7 Å². The molecule has 192 valence electrons. The molecule has 36 heavy (non-hydrogen) atoms. The Kier molecular flexibility index (Phi) is 7.61. The van der Waals surface area contributed by atoms with Gasteiger partial charge < -0.3 is 29.3 Å². The highest BCUT2D eigenvalue weighted by atomic mass is 19.1. The van der Waals surface area contributed by atoms with Gasteiger partial charge >= 0.3 is 0 Å². The Bertz CT molecular complexity index is 1110. The summed E-state index contributed by atoms with van der Waals surface area (Å²) in [5, 5.41) is 2.95. The average molecular weight is 500 g/mol. The topological polar surface area (TPSA) is 97.4 Å². The lowest BCUT2D eigenvalue weighted by molar-refractivity contribution is -0.136. The minimum atomic E-state index is -0.457. The highest BCUT2D eigenvalue weighted by Gasteiger charge is 2.38. The molecule has 10 heteroatoms. The quantitative estimate of drug-likeness (QED) is 0.629. The molecule has 0 aliphatic carbocycles. The number of carbonyl (C=O) groups is 3. The van der Waals surface area contributed by atoms with Gasteiger partial charge in [0.05, 0.1) is 32.9 Å². The summed E-state index contributed by atoms with van der Waals surface area (Å²) in [6, 6.07) is 8.71. The molecule has 2 heterocycles. The van der Waals surface area contributed by atoms with Crippen molar-refractivity contribution in [2.24, 2.45) is 5.92 Å². The van der Waals surface area contributed by atoms with Gasteiger partial charge in [0.2, 0.25) is 17.6 Å². The van der Waals surface area contributed by atoms with Crippen molar-refractivity contribution >= 4 is 23.4 Å². The van der Waals surface area contributed by atoms with E-state index in [9.17, 15) is 18.8 Å². The lowest BCUT2D eigenvalue weighted by Crippen LogP contribution is -2.48. The molecule has 4 rings (SSSR count). The van der Waals surface area contributed by atoms with Crippen LogP contribution in [0.2, 0.25) is 0 Å². The molecule has 0 bridgehead atoms. The molecule has 1 N–H and O–H groups in total. The number of likely N-dealkylation sites (tertiary alicyclic amines) is 1. The fourth-order valence-electron chi connectivity index (χ4n) is 4.72. The van der Waals surface area contributed by atoms with E-state index in [0.717, 1.165) is 0 Å². The number of hydrogen-bond acceptors (Lipinski definition) is 6. The third-order valence-corrected chi connectivity index (χ3v) is 6.68. The molecule has 2 aromatic carbocycles. The van der Waals surface area contributed by atoms with Crippen molar-refractivity contribution in [3.05, 3.63) is 47.8 Å². The SMILES string of the molecule is COc1cc(N2CC(C(=O)N3CCC(NC(=O)c4ccc(F)cc4)CC3)CC2=O)cc(OC)c1OC. The van der Waals surface area contributed by atoms with Gasteiger partial charge in [0.15, 0.2) is 11.5 Å². The van der Waals surface area contributed by atoms with Crippen LogP contribution in [-0.4, -0.2) is 69.6 Å². The number of piperidine rings is 1. The first-order chi connectivity index (χ1) is 17.3. The van der Waals surface area contributed by atoms with Gasteiger partial charge in [-0.05, 0) is 37.1 Å². The number of carbonyl (C=O) groups excluding carboxylic acids is 3. The van der Waals surface area contributed by atoms with Crippen LogP contribution >= 0.6 is 0 Å². The molecule has 2 saturated heterocycles. The summed E-state index contributed by atoms with van der Waals surface area (Å²) in [5.41, 5.74) is 0.971. The van der Waals surface area contributed by atoms with Crippen LogP contribution < -0.4 is 24.4 Å². The van der Waals surface area contributed by atoms with Gasteiger partial charge in [0.1, 0.15) is 5.82 Å². The summed E-state index contributed by atoms with van der Waals surface area (Å²) < 4.78 is 29.2. The predicted molar refractivity (Wildman–Crippen MR) is 130 cm³/mol. The Hall–Kier alpha value is -3.82. The van der Waals surface area contributed by atoms with E-state index in [1.54, 1.807) is 21.9 Å². The van der Waals surface area contributed by atoms with Crippen LogP contribution in [0.25, 0.3) is 0 Å². The number of amides is 3. The molecule has 3 amide bonds. The van der Waals surface area contributed by atoms with E-state index in [1.165, 1.54) is 45.6 Å². The molecule has 9 nitrogen and oxygen atoms in total. The first kappa shape index (κ1) is 25.3. The largest absolute Gasteiger partial charge is 0.493 e. The maximum atomic E-state index is 13.2. The van der Waals surface area contributed by atoms with Gasteiger partial charge in [-0.25, -0.2) is 4.39 Å². The molecule has 0 spiro atoms. The third kappa shape index (κ3) is 5.22. The van der Waals surface area contributed by atoms with Crippen molar-refractivity contribution in [2.45, 2.75) is 25.3 Å². The number of nitrogens with one attached hydrogen (secondary N) is 1. The van der Waals surface area contributed by atoms with Gasteiger partial charge in [-0.2, -0.15) is 0 Å². The summed E-state index contributed by atoms with van der Waals surface area (Å²) in [4.78, 5) is 41.8. The van der Waals surface area contributed by atoms with Crippen LogP contribution in [-0.2, 0) is 9.59 Å². The first-order valence-electron chi connectivity index (χ1n) is 11.8. The standard InChI is InChI=1S/C26H30FN3O6/c1-34-21-13-20(14-22(35-2)24(21)36-3)30-15-17(12-23(30)31)26(33)29-10-8-19(9-11-29)28-25(32)16-4-6-18(27)7-5-16/h4-7,13-14,17,19H,8-12,15H2,1-3H3,(H,28,32). The lowest BCUT2D eigenvalue weighted by Gasteiger charge is -2.33. The Labute approximate surface area is 209 Å². The second-order valence-electron chi connectivity index (χ2n) is 8.87. The molecule has 0 radical (unpaired) electrons. The monoisotopic (exact) mass is 499 g/mol. The Morgan fingerprint density at radius 3 is 2.14 bits per heavy atom. The Balaban J connectivity index is 1.35. The van der Waals surface area contributed by atoms with Crippen molar-refractivity contribution in [2.75, 3.05) is 45.9 Å². The molecule has 2 aliphatic heterocycles. The highest BCUT2D eigenvalue weighted by Crippen LogP contribution is 2.42. The molecule has 0 saturated carbocycles. The summed E-state index contributed by atoms with van der Waals surface area (Å²) in [5.74, 6) is -0.0434. The zero-order valence-corrected chi connectivity index (χ0v) is 20.6. The highest BCUT2D eigenvalue weighted by molar-refractivity contribution is 6.01. The summed E-state index contributed by atoms with van der Waals surface area (Å²) in [7, 11) is 4.52. The second-order valence-corrected chi connectivity index (χ2v) is 8.87. The number of rotatable bonds is 7. The zero-order valence-electron chi connectivity index (χ0n) is 20.6. The maximum Gasteiger partial charge on any atom is 0.251 e. The molecule has 2 aliphatic rings. The summed E-state index contributed by atoms with van der Waals surface area (Å²) >= 11 is 0. The van der Waals surface area contributed by atoms with Crippen molar-refractivity contribution in [3.63, 3.8) is 0 Å². The van der Waals surface area contributed by atoms with Gasteiger partial charge in [-0.15, -0.1) is 0 Å². The lowest BCUT2D eigenvalue weighted by atomic mass is 10.0. The average Bonchev–Trinajstić information content (AvgIpc) is 3.29. The Morgan fingerprint density at radius 1 is 0.972 bits per heavy atom. The smallest absolute Gasteiger partial charge is 0.251 e. The number of ether oxygens (including phenoxy) is 3. The number of hydrogen-bond donors (Lipinski definition) is 1. The van der Waals surface area contributed by atoms with Crippen LogP contribution in [0.5, 0.6) is 17.2 Å². The van der Waals surface area contributed by atoms with Crippen LogP contribution in [0.3, 0.4) is 0 Å². The van der Waals surface area contributed by atoms with E-state index in [1.807, 2.05) is 0 Å². The molecular formula is C26H30FN3O6. The van der Waals surface area contributed by atoms with Crippen molar-refractivity contribution in [1.29, 1.82) is 0 Å². The maximum absolute atomic E-state index is 13.2. The van der Waals surface area contributed by atoms with E-state index >= 15 is 0 Å². The van der Waals surface area contributed by atoms with E-state index in [2.05, 4.69) is 5.32 Å². The Morgan fingerprint density at radius 2 is 1.58 bits per heavy atom. The number of methoxy groups -OCH3 is 3. The molecule has 1 unspecified atom stereocenters. The molecule has 0 aromatic heterocycles. The predicted octanol–water partition coefficient (Wildman–Crippen LogP) is 2.63. The van der Waals surface area contributed by atoms with Crippen LogP contribution in [0.15, 0.2) is 36.4 Å². The fraction of sp³-hybridized carbons (Fsp3) is 0.423. The summed E-state index contributed by atoms with van der Waals surface area (Å²) in [6.45, 7) is 1.24. The second kappa shape index (κ2) is 10.8. The number of anilines is 1. The van der Waals surface area contributed by atoms with Gasteiger partial charge in [0, 0.05) is 49.8 Å². The van der Waals surface area contributed by atoms with E-state index in [-0.39, 0.29) is 36.7 Å². The number of benzene rings is 2. The van der Waals surface area contributed by atoms with Crippen molar-refractivity contribution in [3.8, 4) is 17.2 Å². The molecule has 2 fully saturated rings. The molecule has 1 atom stereocenters. The van der Waals surface area contributed by atoms with E-state index in [0.29, 0.717) is 54.4 Å². The van der Waals surface area contributed by atoms with Gasteiger partial charge in [-0.3, -0.25) is 14.4 Å². The van der Waals surface area contributed by atoms with E-state index in [4.69, 9.17) is 14.2 Å². The minimum absolute atomic E-state index is 0.0680. The summed E-state index contributed by atoms with van der Waals surface area (Å²) in [6.07, 6.45) is 1.34. The van der Waals surface area contributed by atoms with Gasteiger partial charge in [-0.1, -0.05) is 0 Å².